The fourth-order valence-electron chi connectivity index (χ4n) is 1.05. The van der Waals surface area contributed by atoms with E-state index in [0.717, 1.165) is 10.7 Å². The van der Waals surface area contributed by atoms with E-state index in [4.69, 9.17) is 0 Å². The van der Waals surface area contributed by atoms with Crippen molar-refractivity contribution in [3.63, 3.8) is 0 Å². The number of aromatic nitrogens is 4. The van der Waals surface area contributed by atoms with Gasteiger partial charge in [0.05, 0.1) is 6.20 Å². The van der Waals surface area contributed by atoms with Crippen molar-refractivity contribution in [2.45, 2.75) is 13.0 Å². The third-order valence-electron chi connectivity index (χ3n) is 2.02. The predicted molar refractivity (Wildman–Crippen MR) is 55.0 cm³/mol. The van der Waals surface area contributed by atoms with Crippen LogP contribution in [0.5, 0.6) is 0 Å². The Balaban J connectivity index is 2.26. The van der Waals surface area contributed by atoms with Gasteiger partial charge in [0, 0.05) is 17.1 Å². The predicted octanol–water partition coefficient (Wildman–Crippen LogP) is 1.21. The molecule has 74 valence electrons. The van der Waals surface area contributed by atoms with Gasteiger partial charge in [-0.05, 0) is 14.0 Å². The molecular weight excluding hydrogens is 198 g/mol. The molecule has 5 nitrogen and oxygen atoms in total. The Morgan fingerprint density at radius 3 is 3.00 bits per heavy atom. The fourth-order valence-corrected chi connectivity index (χ4v) is 1.98. The third-order valence-corrected chi connectivity index (χ3v) is 3.22. The van der Waals surface area contributed by atoms with Crippen LogP contribution >= 0.6 is 11.3 Å². The molecule has 0 spiro atoms. The molecule has 0 radical (unpaired) electrons. The molecule has 0 saturated carbocycles. The summed E-state index contributed by atoms with van der Waals surface area (Å²) in [7, 11) is 1.93. The van der Waals surface area contributed by atoms with Crippen LogP contribution in [0.3, 0.4) is 0 Å². The maximum atomic E-state index is 4.28. The van der Waals surface area contributed by atoms with E-state index >= 15 is 0 Å². The van der Waals surface area contributed by atoms with Crippen molar-refractivity contribution >= 4 is 11.3 Å². The standard InChI is InChI=1S/C8H11N5S/c1-5(9-2)7-4-10-8(14-7)6-3-11-13-12-6/h3-5,9H,1-2H3,(H,11,12,13). The zero-order valence-electron chi connectivity index (χ0n) is 7.98. The summed E-state index contributed by atoms with van der Waals surface area (Å²) >= 11 is 1.63. The number of thiazole rings is 1. The SMILES string of the molecule is CNC(C)c1cnc(-c2cn[nH]n2)s1. The Labute approximate surface area is 85.6 Å². The van der Waals surface area contributed by atoms with Crippen molar-refractivity contribution < 1.29 is 0 Å². The van der Waals surface area contributed by atoms with Gasteiger partial charge < -0.3 is 5.32 Å². The van der Waals surface area contributed by atoms with Crippen molar-refractivity contribution in [3.8, 4) is 10.7 Å². The van der Waals surface area contributed by atoms with Crippen LogP contribution < -0.4 is 5.32 Å². The molecule has 0 bridgehead atoms. The molecule has 2 heterocycles. The van der Waals surface area contributed by atoms with E-state index in [-0.39, 0.29) is 0 Å². The van der Waals surface area contributed by atoms with Crippen LogP contribution in [0.2, 0.25) is 0 Å². The van der Waals surface area contributed by atoms with Crippen LogP contribution in [0.15, 0.2) is 12.4 Å². The molecule has 0 aliphatic carbocycles. The second kappa shape index (κ2) is 3.85. The summed E-state index contributed by atoms with van der Waals surface area (Å²) in [6, 6.07) is 0.327. The van der Waals surface area contributed by atoms with Crippen molar-refractivity contribution in [2.24, 2.45) is 0 Å². The highest BCUT2D eigenvalue weighted by molar-refractivity contribution is 7.15. The minimum Gasteiger partial charge on any atom is -0.312 e. The van der Waals surface area contributed by atoms with Gasteiger partial charge in [0.1, 0.15) is 10.7 Å². The lowest BCUT2D eigenvalue weighted by Gasteiger charge is -2.04. The van der Waals surface area contributed by atoms with Gasteiger partial charge in [-0.2, -0.15) is 15.4 Å². The van der Waals surface area contributed by atoms with E-state index in [1.807, 2.05) is 13.2 Å². The Morgan fingerprint density at radius 1 is 1.50 bits per heavy atom. The molecule has 0 aromatic carbocycles. The Morgan fingerprint density at radius 2 is 2.36 bits per heavy atom. The van der Waals surface area contributed by atoms with E-state index in [0.29, 0.717) is 6.04 Å². The number of hydrogen-bond donors (Lipinski definition) is 2. The smallest absolute Gasteiger partial charge is 0.145 e. The summed E-state index contributed by atoms with van der Waals surface area (Å²) in [4.78, 5) is 5.48. The molecule has 0 aliphatic rings. The van der Waals surface area contributed by atoms with E-state index in [9.17, 15) is 0 Å². The van der Waals surface area contributed by atoms with Crippen molar-refractivity contribution in [1.82, 2.24) is 25.7 Å². The number of aromatic amines is 1. The second-order valence-corrected chi connectivity index (χ2v) is 4.00. The summed E-state index contributed by atoms with van der Waals surface area (Å²) in [5.41, 5.74) is 0.796. The summed E-state index contributed by atoms with van der Waals surface area (Å²) in [5, 5.41) is 14.4. The topological polar surface area (TPSA) is 66.5 Å². The average Bonchev–Trinajstić information content (AvgIpc) is 2.86. The van der Waals surface area contributed by atoms with Crippen LogP contribution in [0.25, 0.3) is 10.7 Å². The van der Waals surface area contributed by atoms with Gasteiger partial charge in [0.15, 0.2) is 0 Å². The molecular formula is C8H11N5S. The highest BCUT2D eigenvalue weighted by Gasteiger charge is 2.10. The number of hydrogen-bond acceptors (Lipinski definition) is 5. The van der Waals surface area contributed by atoms with Crippen molar-refractivity contribution in [2.75, 3.05) is 7.05 Å². The molecule has 1 unspecified atom stereocenters. The molecule has 0 amide bonds. The Kier molecular flexibility index (Phi) is 2.55. The van der Waals surface area contributed by atoms with Crippen LogP contribution in [0.4, 0.5) is 0 Å². The normalized spacial score (nSPS) is 13.0. The first kappa shape index (κ1) is 9.29. The second-order valence-electron chi connectivity index (χ2n) is 2.93. The number of nitrogens with one attached hydrogen (secondary N) is 2. The van der Waals surface area contributed by atoms with Gasteiger partial charge >= 0.3 is 0 Å². The van der Waals surface area contributed by atoms with Gasteiger partial charge in [0.2, 0.25) is 0 Å². The van der Waals surface area contributed by atoms with Crippen LogP contribution in [0.1, 0.15) is 17.8 Å². The summed E-state index contributed by atoms with van der Waals surface area (Å²) in [5.74, 6) is 0. The van der Waals surface area contributed by atoms with Gasteiger partial charge in [0.25, 0.3) is 0 Å². The van der Waals surface area contributed by atoms with Gasteiger partial charge in [-0.3, -0.25) is 0 Å². The molecule has 2 rings (SSSR count). The lowest BCUT2D eigenvalue weighted by molar-refractivity contribution is 0.662. The molecule has 0 saturated heterocycles. The average molecular weight is 209 g/mol. The molecule has 14 heavy (non-hydrogen) atoms. The Bertz CT molecular complexity index is 394. The monoisotopic (exact) mass is 209 g/mol. The minimum atomic E-state index is 0.327. The molecule has 2 aromatic rings. The number of H-pyrrole nitrogens is 1. The Hall–Kier alpha value is -1.27. The largest absolute Gasteiger partial charge is 0.312 e. The molecule has 1 atom stereocenters. The van der Waals surface area contributed by atoms with Crippen LogP contribution in [-0.4, -0.2) is 27.4 Å². The summed E-state index contributed by atoms with van der Waals surface area (Å²) in [6.07, 6.45) is 3.54. The minimum absolute atomic E-state index is 0.327. The molecule has 2 aromatic heterocycles. The summed E-state index contributed by atoms with van der Waals surface area (Å²) < 4.78 is 0. The summed E-state index contributed by atoms with van der Waals surface area (Å²) in [6.45, 7) is 2.10. The van der Waals surface area contributed by atoms with Crippen molar-refractivity contribution in [1.29, 1.82) is 0 Å². The lowest BCUT2D eigenvalue weighted by atomic mass is 10.3. The van der Waals surface area contributed by atoms with Crippen molar-refractivity contribution in [3.05, 3.63) is 17.3 Å². The van der Waals surface area contributed by atoms with Crippen LogP contribution in [0, 0.1) is 0 Å². The maximum Gasteiger partial charge on any atom is 0.145 e. The fraction of sp³-hybridized carbons (Fsp3) is 0.375. The molecule has 0 fully saturated rings. The van der Waals surface area contributed by atoms with E-state index in [1.165, 1.54) is 4.88 Å². The number of nitrogens with zero attached hydrogens (tertiary/aromatic N) is 3. The van der Waals surface area contributed by atoms with E-state index in [1.54, 1.807) is 17.5 Å². The molecule has 0 aliphatic heterocycles. The van der Waals surface area contributed by atoms with Crippen LogP contribution in [-0.2, 0) is 0 Å². The quantitative estimate of drug-likeness (QED) is 0.797. The van der Waals surface area contributed by atoms with Gasteiger partial charge in [-0.25, -0.2) is 4.98 Å². The first-order chi connectivity index (χ1) is 6.81. The lowest BCUT2D eigenvalue weighted by Crippen LogP contribution is -2.10. The molecule has 6 heteroatoms. The van der Waals surface area contributed by atoms with E-state index < -0.39 is 0 Å². The number of rotatable bonds is 3. The van der Waals surface area contributed by atoms with Gasteiger partial charge in [-0.1, -0.05) is 0 Å². The first-order valence-corrected chi connectivity index (χ1v) is 5.12. The highest BCUT2D eigenvalue weighted by atomic mass is 32.1. The zero-order valence-corrected chi connectivity index (χ0v) is 8.80. The van der Waals surface area contributed by atoms with E-state index in [2.05, 4.69) is 32.6 Å². The van der Waals surface area contributed by atoms with Gasteiger partial charge in [-0.15, -0.1) is 11.3 Å². The third kappa shape index (κ3) is 1.66. The first-order valence-electron chi connectivity index (χ1n) is 4.30. The molecule has 2 N–H and O–H groups in total. The maximum absolute atomic E-state index is 4.28. The zero-order chi connectivity index (χ0) is 9.97. The highest BCUT2D eigenvalue weighted by Crippen LogP contribution is 2.26.